The van der Waals surface area contributed by atoms with E-state index < -0.39 is 17.8 Å². The molecule has 0 radical (unpaired) electrons. The van der Waals surface area contributed by atoms with E-state index in [9.17, 15) is 18.3 Å². The largest absolute Gasteiger partial charge is 0.416 e. The first-order valence-electron chi connectivity index (χ1n) is 6.46. The van der Waals surface area contributed by atoms with E-state index >= 15 is 0 Å². The fraction of sp³-hybridized carbons (Fsp3) is 0.571. The molecule has 0 saturated carbocycles. The molecule has 0 aromatic heterocycles. The van der Waals surface area contributed by atoms with Gasteiger partial charge in [-0.3, -0.25) is 0 Å². The second kappa shape index (κ2) is 7.90. The predicted octanol–water partition coefficient (Wildman–Crippen LogP) is 3.47. The number of hydrogen-bond donors (Lipinski definition) is 2. The molecule has 0 aliphatic rings. The second-order valence-corrected chi connectivity index (χ2v) is 5.52. The number of rotatable bonds is 7. The number of benzene rings is 1. The van der Waals surface area contributed by atoms with Gasteiger partial charge < -0.3 is 10.4 Å². The summed E-state index contributed by atoms with van der Waals surface area (Å²) >= 11 is 1.72. The molecule has 2 atom stereocenters. The van der Waals surface area contributed by atoms with Gasteiger partial charge in [0, 0.05) is 18.3 Å². The van der Waals surface area contributed by atoms with Crippen LogP contribution in [0.15, 0.2) is 24.3 Å². The van der Waals surface area contributed by atoms with Gasteiger partial charge in [0.1, 0.15) is 0 Å². The zero-order valence-electron chi connectivity index (χ0n) is 11.6. The van der Waals surface area contributed by atoms with E-state index in [1.165, 1.54) is 12.1 Å². The van der Waals surface area contributed by atoms with Crippen molar-refractivity contribution in [2.24, 2.45) is 0 Å². The number of alkyl halides is 3. The van der Waals surface area contributed by atoms with E-state index in [4.69, 9.17) is 0 Å². The van der Waals surface area contributed by atoms with Crippen molar-refractivity contribution in [1.82, 2.24) is 5.32 Å². The summed E-state index contributed by atoms with van der Waals surface area (Å²) < 4.78 is 37.3. The highest BCUT2D eigenvalue weighted by atomic mass is 32.2. The van der Waals surface area contributed by atoms with Crippen molar-refractivity contribution in [1.29, 1.82) is 0 Å². The van der Waals surface area contributed by atoms with Gasteiger partial charge in [-0.15, -0.1) is 0 Å². The van der Waals surface area contributed by atoms with Crippen LogP contribution >= 0.6 is 11.8 Å². The smallest absolute Gasteiger partial charge is 0.387 e. The summed E-state index contributed by atoms with van der Waals surface area (Å²) in [5.74, 6) is 0.941. The highest BCUT2D eigenvalue weighted by molar-refractivity contribution is 7.98. The normalized spacial score (nSPS) is 15.1. The summed E-state index contributed by atoms with van der Waals surface area (Å²) in [6.07, 6.45) is -2.18. The molecule has 0 heterocycles. The first-order chi connectivity index (χ1) is 9.38. The molecule has 0 amide bonds. The zero-order chi connectivity index (χ0) is 15.2. The summed E-state index contributed by atoms with van der Waals surface area (Å²) in [5.41, 5.74) is -0.209. The third-order valence-electron chi connectivity index (χ3n) is 3.08. The van der Waals surface area contributed by atoms with Gasteiger partial charge in [-0.2, -0.15) is 24.9 Å². The topological polar surface area (TPSA) is 32.3 Å². The molecular formula is C14H20F3NOS. The van der Waals surface area contributed by atoms with Crippen molar-refractivity contribution >= 4 is 11.8 Å². The van der Waals surface area contributed by atoms with E-state index in [1.54, 1.807) is 11.8 Å². The van der Waals surface area contributed by atoms with Gasteiger partial charge in [-0.05, 0) is 30.4 Å². The molecule has 6 heteroatoms. The van der Waals surface area contributed by atoms with Crippen molar-refractivity contribution in [3.8, 4) is 0 Å². The molecule has 0 aliphatic heterocycles. The van der Waals surface area contributed by atoms with Gasteiger partial charge in [0.15, 0.2) is 0 Å². The Labute approximate surface area is 121 Å². The molecule has 1 aromatic rings. The van der Waals surface area contributed by atoms with Crippen LogP contribution in [0.25, 0.3) is 0 Å². The Hall–Kier alpha value is -0.720. The average molecular weight is 307 g/mol. The van der Waals surface area contributed by atoms with Crippen molar-refractivity contribution in [2.75, 3.05) is 18.6 Å². The van der Waals surface area contributed by atoms with E-state index in [0.29, 0.717) is 18.2 Å². The fourth-order valence-corrected chi connectivity index (χ4v) is 2.57. The summed E-state index contributed by atoms with van der Waals surface area (Å²) in [6, 6.07) is 4.94. The maximum absolute atomic E-state index is 12.4. The SMILES string of the molecule is CCC(CSC)NCC(O)c1ccc(C(F)(F)F)cc1. The van der Waals surface area contributed by atoms with Gasteiger partial charge in [-0.1, -0.05) is 19.1 Å². The summed E-state index contributed by atoms with van der Waals surface area (Å²) in [7, 11) is 0. The molecule has 2 nitrogen and oxygen atoms in total. The molecule has 1 rings (SSSR count). The van der Waals surface area contributed by atoms with Crippen LogP contribution in [-0.2, 0) is 6.18 Å². The minimum absolute atomic E-state index is 0.300. The number of aliphatic hydroxyl groups is 1. The molecule has 1 aromatic carbocycles. The van der Waals surface area contributed by atoms with E-state index in [2.05, 4.69) is 12.2 Å². The van der Waals surface area contributed by atoms with E-state index in [-0.39, 0.29) is 0 Å². The lowest BCUT2D eigenvalue weighted by molar-refractivity contribution is -0.137. The molecule has 2 N–H and O–H groups in total. The quantitative estimate of drug-likeness (QED) is 0.809. The van der Waals surface area contributed by atoms with Crippen molar-refractivity contribution < 1.29 is 18.3 Å². The number of halogens is 3. The fourth-order valence-electron chi connectivity index (χ4n) is 1.81. The monoisotopic (exact) mass is 307 g/mol. The van der Waals surface area contributed by atoms with Crippen molar-refractivity contribution in [3.05, 3.63) is 35.4 Å². The lowest BCUT2D eigenvalue weighted by Crippen LogP contribution is -2.34. The van der Waals surface area contributed by atoms with Gasteiger partial charge in [-0.25, -0.2) is 0 Å². The zero-order valence-corrected chi connectivity index (χ0v) is 12.4. The van der Waals surface area contributed by atoms with Crippen molar-refractivity contribution in [2.45, 2.75) is 31.7 Å². The van der Waals surface area contributed by atoms with Gasteiger partial charge in [0.25, 0.3) is 0 Å². The highest BCUT2D eigenvalue weighted by Gasteiger charge is 2.30. The minimum atomic E-state index is -4.34. The Bertz CT molecular complexity index is 394. The molecule has 114 valence electrons. The maximum Gasteiger partial charge on any atom is 0.416 e. The Kier molecular flexibility index (Phi) is 6.85. The van der Waals surface area contributed by atoms with Gasteiger partial charge in [0.05, 0.1) is 11.7 Å². The van der Waals surface area contributed by atoms with Crippen LogP contribution in [0.3, 0.4) is 0 Å². The number of aliphatic hydroxyl groups excluding tert-OH is 1. The van der Waals surface area contributed by atoms with Crippen molar-refractivity contribution in [3.63, 3.8) is 0 Å². The third kappa shape index (κ3) is 5.34. The highest BCUT2D eigenvalue weighted by Crippen LogP contribution is 2.29. The first-order valence-corrected chi connectivity index (χ1v) is 7.85. The molecule has 0 saturated heterocycles. The standard InChI is InChI=1S/C14H20F3NOS/c1-3-12(9-20-2)18-8-13(19)10-4-6-11(7-5-10)14(15,16)17/h4-7,12-13,18-19H,3,8-9H2,1-2H3. The third-order valence-corrected chi connectivity index (χ3v) is 3.82. The molecule has 20 heavy (non-hydrogen) atoms. The second-order valence-electron chi connectivity index (χ2n) is 4.60. The molecule has 0 fully saturated rings. The number of thioether (sulfide) groups is 1. The van der Waals surface area contributed by atoms with Crippen LogP contribution in [0.1, 0.15) is 30.6 Å². The number of nitrogens with one attached hydrogen (secondary N) is 1. The van der Waals surface area contributed by atoms with Crippen LogP contribution in [-0.4, -0.2) is 29.7 Å². The lowest BCUT2D eigenvalue weighted by atomic mass is 10.1. The molecule has 2 unspecified atom stereocenters. The minimum Gasteiger partial charge on any atom is -0.387 e. The Morgan fingerprint density at radius 1 is 1.25 bits per heavy atom. The van der Waals surface area contributed by atoms with Gasteiger partial charge in [0.2, 0.25) is 0 Å². The molecule has 0 aliphatic carbocycles. The Morgan fingerprint density at radius 2 is 1.85 bits per heavy atom. The van der Waals surface area contributed by atoms with Crippen LogP contribution in [0.4, 0.5) is 13.2 Å². The lowest BCUT2D eigenvalue weighted by Gasteiger charge is -2.19. The van der Waals surface area contributed by atoms with Crippen LogP contribution in [0.5, 0.6) is 0 Å². The average Bonchev–Trinajstić information content (AvgIpc) is 2.42. The van der Waals surface area contributed by atoms with Gasteiger partial charge >= 0.3 is 6.18 Å². The summed E-state index contributed by atoms with van der Waals surface area (Å²) in [4.78, 5) is 0. The summed E-state index contributed by atoms with van der Waals surface area (Å²) in [5, 5.41) is 13.2. The maximum atomic E-state index is 12.4. The Morgan fingerprint density at radius 3 is 2.30 bits per heavy atom. The summed E-state index contributed by atoms with van der Waals surface area (Å²) in [6.45, 7) is 2.39. The van der Waals surface area contributed by atoms with Crippen LogP contribution in [0, 0.1) is 0 Å². The van der Waals surface area contributed by atoms with E-state index in [1.807, 2.05) is 6.26 Å². The molecule has 0 bridgehead atoms. The van der Waals surface area contributed by atoms with Crippen LogP contribution in [0.2, 0.25) is 0 Å². The molecular weight excluding hydrogens is 287 g/mol. The molecule has 0 spiro atoms. The Balaban J connectivity index is 2.57. The van der Waals surface area contributed by atoms with Crippen LogP contribution < -0.4 is 5.32 Å². The number of hydrogen-bond acceptors (Lipinski definition) is 3. The van der Waals surface area contributed by atoms with E-state index in [0.717, 1.165) is 24.3 Å². The first kappa shape index (κ1) is 17.3. The predicted molar refractivity (Wildman–Crippen MR) is 76.9 cm³/mol.